The van der Waals surface area contributed by atoms with Gasteiger partial charge in [-0.2, -0.15) is 0 Å². The normalized spacial score (nSPS) is 27.5. The summed E-state index contributed by atoms with van der Waals surface area (Å²) in [7, 11) is 0. The Morgan fingerprint density at radius 3 is 2.56 bits per heavy atom. The van der Waals surface area contributed by atoms with Crippen LogP contribution >= 0.6 is 0 Å². The number of amides is 1. The molecule has 1 amide bonds. The van der Waals surface area contributed by atoms with Crippen LogP contribution in [0, 0.1) is 5.41 Å². The minimum atomic E-state index is -0.428. The summed E-state index contributed by atoms with van der Waals surface area (Å²) >= 11 is 0. The molecule has 6 rings (SSSR count). The molecule has 2 aromatic rings. The molecule has 2 heterocycles. The number of carbonyl (C=O) groups is 2. The fourth-order valence-electron chi connectivity index (χ4n) is 6.85. The molecule has 0 aromatic heterocycles. The van der Waals surface area contributed by atoms with E-state index in [0.29, 0.717) is 6.42 Å². The van der Waals surface area contributed by atoms with Gasteiger partial charge in [-0.05, 0) is 36.5 Å². The molecule has 2 aromatic carbocycles. The molecule has 0 bridgehead atoms. The molecule has 4 aliphatic rings. The van der Waals surface area contributed by atoms with Crippen LogP contribution in [0.1, 0.15) is 56.1 Å². The molecule has 5 nitrogen and oxygen atoms in total. The maximum Gasteiger partial charge on any atom is 0.414 e. The average molecular weight is 429 g/mol. The van der Waals surface area contributed by atoms with E-state index in [-0.39, 0.29) is 29.9 Å². The van der Waals surface area contributed by atoms with Gasteiger partial charge in [0.15, 0.2) is 0 Å². The molecule has 2 spiro atoms. The van der Waals surface area contributed by atoms with E-state index in [1.165, 1.54) is 6.42 Å². The van der Waals surface area contributed by atoms with Gasteiger partial charge in [-0.1, -0.05) is 67.8 Å². The number of para-hydroxylation sites is 1. The van der Waals surface area contributed by atoms with E-state index in [2.05, 4.69) is 6.07 Å². The summed E-state index contributed by atoms with van der Waals surface area (Å²) in [6, 6.07) is 17.6. The van der Waals surface area contributed by atoms with Gasteiger partial charge in [0.05, 0.1) is 22.6 Å². The van der Waals surface area contributed by atoms with Crippen LogP contribution in [0.5, 0.6) is 0 Å². The van der Waals surface area contributed by atoms with Gasteiger partial charge < -0.3 is 4.74 Å². The van der Waals surface area contributed by atoms with Gasteiger partial charge in [-0.15, -0.1) is 0 Å². The van der Waals surface area contributed by atoms with Crippen molar-refractivity contribution >= 4 is 23.3 Å². The lowest BCUT2D eigenvalue weighted by atomic mass is 9.52. The number of carbonyl (C=O) groups excluding carboxylic acids is 2. The lowest BCUT2D eigenvalue weighted by Gasteiger charge is -2.50. The van der Waals surface area contributed by atoms with Crippen molar-refractivity contribution in [1.29, 1.82) is 0 Å². The summed E-state index contributed by atoms with van der Waals surface area (Å²) in [4.78, 5) is 33.9. The molecular weight excluding hydrogens is 400 g/mol. The Hall–Kier alpha value is -2.95. The van der Waals surface area contributed by atoms with Crippen molar-refractivity contribution in [3.63, 3.8) is 0 Å². The number of fused-ring (bicyclic) bond motifs is 2. The van der Waals surface area contributed by atoms with Gasteiger partial charge in [-0.3, -0.25) is 14.7 Å². The number of ether oxygens (including phenoxy) is 1. The fourth-order valence-corrected chi connectivity index (χ4v) is 6.85. The van der Waals surface area contributed by atoms with Gasteiger partial charge in [0.2, 0.25) is 0 Å². The molecule has 2 fully saturated rings. The lowest BCUT2D eigenvalue weighted by Crippen LogP contribution is -2.62. The number of hydrogen-bond donors (Lipinski definition) is 0. The number of nitrogens with zero attached hydrogens (tertiary/aromatic N) is 2. The smallest absolute Gasteiger partial charge is 0.414 e. The Bertz CT molecular complexity index is 1100. The monoisotopic (exact) mass is 428 g/mol. The molecule has 0 saturated heterocycles. The predicted octanol–water partition coefficient (Wildman–Crippen LogP) is 5.22. The molecule has 2 aliphatic carbocycles. The first-order valence-corrected chi connectivity index (χ1v) is 11.8. The zero-order valence-electron chi connectivity index (χ0n) is 18.3. The molecular formula is C27H28N2O3. The first-order valence-electron chi connectivity index (χ1n) is 11.8. The zero-order chi connectivity index (χ0) is 21.8. The van der Waals surface area contributed by atoms with E-state index >= 15 is 0 Å². The van der Waals surface area contributed by atoms with Crippen LogP contribution < -0.4 is 4.90 Å². The highest BCUT2D eigenvalue weighted by atomic mass is 16.6. The third-order valence-electron chi connectivity index (χ3n) is 8.20. The average Bonchev–Trinajstić information content (AvgIpc) is 3.40. The third-order valence-corrected chi connectivity index (χ3v) is 8.20. The second kappa shape index (κ2) is 7.29. The molecule has 0 N–H and O–H groups in total. The molecule has 2 saturated carbocycles. The van der Waals surface area contributed by atoms with E-state index in [9.17, 15) is 9.59 Å². The van der Waals surface area contributed by atoms with Crippen molar-refractivity contribution < 1.29 is 14.3 Å². The second-order valence-electron chi connectivity index (χ2n) is 9.66. The van der Waals surface area contributed by atoms with Crippen LogP contribution in [-0.4, -0.2) is 30.2 Å². The van der Waals surface area contributed by atoms with Crippen molar-refractivity contribution in [1.82, 2.24) is 0 Å². The molecule has 2 atom stereocenters. The Morgan fingerprint density at radius 2 is 1.75 bits per heavy atom. The topological polar surface area (TPSA) is 59.0 Å². The maximum absolute atomic E-state index is 13.7. The lowest BCUT2D eigenvalue weighted by molar-refractivity contribution is -0.128. The number of ketones is 1. The summed E-state index contributed by atoms with van der Waals surface area (Å²) in [5, 5.41) is 0. The quantitative estimate of drug-likeness (QED) is 0.659. The molecule has 32 heavy (non-hydrogen) atoms. The van der Waals surface area contributed by atoms with Crippen LogP contribution in [0.4, 0.5) is 10.5 Å². The number of anilines is 1. The minimum Gasteiger partial charge on any atom is -0.444 e. The molecule has 5 heteroatoms. The van der Waals surface area contributed by atoms with Crippen LogP contribution in [0.2, 0.25) is 0 Å². The van der Waals surface area contributed by atoms with E-state index in [1.54, 1.807) is 4.90 Å². The van der Waals surface area contributed by atoms with Crippen LogP contribution in [-0.2, 0) is 21.6 Å². The first-order chi connectivity index (χ1) is 15.7. The van der Waals surface area contributed by atoms with E-state index in [0.717, 1.165) is 61.2 Å². The minimum absolute atomic E-state index is 0.219. The number of benzene rings is 2. The Labute approximate surface area is 188 Å². The highest BCUT2D eigenvalue weighted by Crippen LogP contribution is 2.60. The first kappa shape index (κ1) is 19.7. The van der Waals surface area contributed by atoms with Crippen molar-refractivity contribution in [3.8, 4) is 0 Å². The Kier molecular flexibility index (Phi) is 4.49. The summed E-state index contributed by atoms with van der Waals surface area (Å²) in [6.07, 6.45) is 6.02. The summed E-state index contributed by atoms with van der Waals surface area (Å²) in [5.74, 6) is 0.271. The second-order valence-corrected chi connectivity index (χ2v) is 9.66. The predicted molar refractivity (Wildman–Crippen MR) is 123 cm³/mol. The summed E-state index contributed by atoms with van der Waals surface area (Å²) in [5.41, 5.74) is 3.26. The summed E-state index contributed by atoms with van der Waals surface area (Å²) < 4.78 is 5.77. The largest absolute Gasteiger partial charge is 0.444 e. The van der Waals surface area contributed by atoms with Crippen molar-refractivity contribution in [2.75, 3.05) is 11.4 Å². The van der Waals surface area contributed by atoms with Crippen LogP contribution in [0.15, 0.2) is 59.6 Å². The van der Waals surface area contributed by atoms with Crippen LogP contribution in [0.25, 0.3) is 0 Å². The molecule has 164 valence electrons. The van der Waals surface area contributed by atoms with Crippen molar-refractivity contribution in [3.05, 3.63) is 65.7 Å². The standard InChI is InChI=1S/C27H28N2O3/c30-23-17-22-27(15-16-28-24(27)26(23)13-7-2-8-14-26)20-11-5-6-12-21(20)29(22)25(31)32-18-19-9-3-1-4-10-19/h1,3-6,9-12,22H,2,7-8,13-18H2/t22-,27-/m0/s1. The molecule has 2 aliphatic heterocycles. The van der Waals surface area contributed by atoms with Gasteiger partial charge in [-0.25, -0.2) is 4.79 Å². The van der Waals surface area contributed by atoms with Gasteiger partial charge in [0.25, 0.3) is 0 Å². The van der Waals surface area contributed by atoms with Gasteiger partial charge in [0.1, 0.15) is 12.4 Å². The van der Waals surface area contributed by atoms with Crippen molar-refractivity contribution in [2.45, 2.75) is 63.0 Å². The Morgan fingerprint density at radius 1 is 1.00 bits per heavy atom. The van der Waals surface area contributed by atoms with Crippen molar-refractivity contribution in [2.24, 2.45) is 10.4 Å². The highest BCUT2D eigenvalue weighted by Gasteiger charge is 2.67. The van der Waals surface area contributed by atoms with E-state index < -0.39 is 5.41 Å². The third kappa shape index (κ3) is 2.60. The molecule has 0 radical (unpaired) electrons. The van der Waals surface area contributed by atoms with Gasteiger partial charge >= 0.3 is 6.09 Å². The SMILES string of the molecule is O=C(OCc1ccccc1)N1c2ccccc2[C@]23CCN=C2C2(CCCCC2)C(=O)C[C@H]13. The van der Waals surface area contributed by atoms with Gasteiger partial charge in [0, 0.05) is 18.7 Å². The molecule has 0 unspecified atom stereocenters. The van der Waals surface area contributed by atoms with E-state index in [1.807, 2.05) is 48.5 Å². The maximum atomic E-state index is 13.7. The summed E-state index contributed by atoms with van der Waals surface area (Å²) in [6.45, 7) is 0.943. The fraction of sp³-hybridized carbons (Fsp3) is 0.444. The number of Topliss-reactive ketones (excluding diaryl/α,β-unsaturated/α-hetero) is 1. The zero-order valence-corrected chi connectivity index (χ0v) is 18.3. The highest BCUT2D eigenvalue weighted by molar-refractivity contribution is 6.20. The number of aliphatic imine (C=N–C) groups is 1. The van der Waals surface area contributed by atoms with Crippen LogP contribution in [0.3, 0.4) is 0 Å². The Balaban J connectivity index is 1.40. The number of hydrogen-bond acceptors (Lipinski definition) is 4. The van der Waals surface area contributed by atoms with E-state index in [4.69, 9.17) is 9.73 Å². The number of rotatable bonds is 2.